The Morgan fingerprint density at radius 3 is 2.90 bits per heavy atom. The molecule has 0 aliphatic heterocycles. The summed E-state index contributed by atoms with van der Waals surface area (Å²) in [6.07, 6.45) is -0.663. The van der Waals surface area contributed by atoms with Gasteiger partial charge in [-0.15, -0.1) is 0 Å². The third kappa shape index (κ3) is 3.20. The normalized spacial score (nSPS) is 12.7. The number of methoxy groups -OCH3 is 1. The highest BCUT2D eigenvalue weighted by Gasteiger charge is 2.18. The van der Waals surface area contributed by atoms with Crippen LogP contribution in [0.25, 0.3) is 11.4 Å². The van der Waals surface area contributed by atoms with Gasteiger partial charge in [-0.1, -0.05) is 5.16 Å². The number of aliphatic hydroxyl groups excluding tert-OH is 1. The molecule has 1 N–H and O–H groups in total. The summed E-state index contributed by atoms with van der Waals surface area (Å²) < 4.78 is 36.1. The fourth-order valence-electron chi connectivity index (χ4n) is 1.60. The zero-order chi connectivity index (χ0) is 14.7. The van der Waals surface area contributed by atoms with E-state index >= 15 is 0 Å². The molecule has 20 heavy (non-hydrogen) atoms. The largest absolute Gasteiger partial charge is 0.390 e. The van der Waals surface area contributed by atoms with Crippen LogP contribution in [0.5, 0.6) is 0 Å². The van der Waals surface area contributed by atoms with E-state index in [0.29, 0.717) is 0 Å². The fourth-order valence-corrected chi connectivity index (χ4v) is 2.10. The van der Waals surface area contributed by atoms with Gasteiger partial charge < -0.3 is 14.4 Å². The minimum atomic E-state index is -1.02. The summed E-state index contributed by atoms with van der Waals surface area (Å²) >= 11 is 2.95. The van der Waals surface area contributed by atoms with Crippen LogP contribution >= 0.6 is 15.9 Å². The number of nitrogens with zero attached hydrogens (tertiary/aromatic N) is 2. The summed E-state index contributed by atoms with van der Waals surface area (Å²) in [6.45, 7) is 0.132. The van der Waals surface area contributed by atoms with E-state index in [4.69, 9.17) is 9.26 Å². The predicted molar refractivity (Wildman–Crippen MR) is 68.9 cm³/mol. The maximum Gasteiger partial charge on any atom is 0.229 e. The molecule has 0 amide bonds. The first-order valence-electron chi connectivity index (χ1n) is 5.66. The summed E-state index contributed by atoms with van der Waals surface area (Å²) in [5.41, 5.74) is 0.264. The number of hydrogen-bond donors (Lipinski definition) is 1. The first kappa shape index (κ1) is 15.0. The van der Waals surface area contributed by atoms with Gasteiger partial charge in [0.25, 0.3) is 0 Å². The van der Waals surface area contributed by atoms with E-state index in [1.165, 1.54) is 13.2 Å². The van der Waals surface area contributed by atoms with Gasteiger partial charge >= 0.3 is 0 Å². The molecule has 0 bridgehead atoms. The number of ether oxygens (including phenoxy) is 1. The van der Waals surface area contributed by atoms with Crippen molar-refractivity contribution < 1.29 is 23.1 Å². The molecular formula is C12H11BrF2N2O3. The van der Waals surface area contributed by atoms with Crippen LogP contribution in [0.3, 0.4) is 0 Å². The van der Waals surface area contributed by atoms with Gasteiger partial charge in [-0.3, -0.25) is 0 Å². The molecule has 1 heterocycles. The van der Waals surface area contributed by atoms with Crippen molar-refractivity contribution in [3.05, 3.63) is 34.1 Å². The number of aliphatic hydroxyl groups is 1. The van der Waals surface area contributed by atoms with Gasteiger partial charge in [0.1, 0.15) is 0 Å². The molecule has 8 heteroatoms. The third-order valence-corrected chi connectivity index (χ3v) is 3.29. The van der Waals surface area contributed by atoms with Crippen LogP contribution in [0.1, 0.15) is 5.89 Å². The smallest absolute Gasteiger partial charge is 0.229 e. The van der Waals surface area contributed by atoms with Gasteiger partial charge in [0.05, 0.1) is 23.6 Å². The van der Waals surface area contributed by atoms with E-state index in [1.807, 2.05) is 0 Å². The molecule has 0 spiro atoms. The average molecular weight is 349 g/mol. The van der Waals surface area contributed by atoms with Crippen LogP contribution in [0.15, 0.2) is 21.1 Å². The number of rotatable bonds is 5. The Labute approximate surface area is 121 Å². The Morgan fingerprint density at radius 1 is 1.45 bits per heavy atom. The number of hydrogen-bond acceptors (Lipinski definition) is 5. The van der Waals surface area contributed by atoms with Crippen LogP contribution in [-0.2, 0) is 11.2 Å². The second-order valence-electron chi connectivity index (χ2n) is 4.05. The molecule has 5 nitrogen and oxygen atoms in total. The highest BCUT2D eigenvalue weighted by molar-refractivity contribution is 9.10. The molecule has 2 aromatic rings. The highest BCUT2D eigenvalue weighted by atomic mass is 79.9. The van der Waals surface area contributed by atoms with E-state index < -0.39 is 17.7 Å². The van der Waals surface area contributed by atoms with Crippen LogP contribution in [0, 0.1) is 11.6 Å². The number of aromatic nitrogens is 2. The molecule has 108 valence electrons. The lowest BCUT2D eigenvalue weighted by Crippen LogP contribution is -2.17. The number of halogens is 3. The van der Waals surface area contributed by atoms with Crippen molar-refractivity contribution in [2.45, 2.75) is 12.5 Å². The Hall–Kier alpha value is -1.38. The monoisotopic (exact) mass is 348 g/mol. The first-order valence-corrected chi connectivity index (χ1v) is 6.45. The van der Waals surface area contributed by atoms with E-state index in [2.05, 4.69) is 26.1 Å². The van der Waals surface area contributed by atoms with Crippen LogP contribution in [-0.4, -0.2) is 35.1 Å². The summed E-state index contributed by atoms with van der Waals surface area (Å²) in [5, 5.41) is 13.2. The molecule has 1 unspecified atom stereocenters. The maximum absolute atomic E-state index is 13.4. The van der Waals surface area contributed by atoms with Crippen LogP contribution in [0.4, 0.5) is 8.78 Å². The summed E-state index contributed by atoms with van der Waals surface area (Å²) in [7, 11) is 1.46. The van der Waals surface area contributed by atoms with Crippen LogP contribution < -0.4 is 0 Å². The molecule has 0 radical (unpaired) electrons. The highest BCUT2D eigenvalue weighted by Crippen LogP contribution is 2.29. The standard InChI is InChI=1S/C12H11BrF2N2O3/c1-19-5-6(18)4-9-16-12(17-20-9)7-2-3-8(14)11(15)10(7)13/h2-3,6,18H,4-5H2,1H3. The van der Waals surface area contributed by atoms with E-state index in [1.54, 1.807) is 0 Å². The van der Waals surface area contributed by atoms with Crippen molar-refractivity contribution in [3.63, 3.8) is 0 Å². The first-order chi connectivity index (χ1) is 9.52. The second-order valence-corrected chi connectivity index (χ2v) is 4.84. The van der Waals surface area contributed by atoms with E-state index in [9.17, 15) is 13.9 Å². The molecule has 0 saturated carbocycles. The fraction of sp³-hybridized carbons (Fsp3) is 0.333. The predicted octanol–water partition coefficient (Wildman–Crippen LogP) is 2.33. The Kier molecular flexibility index (Phi) is 4.79. The molecule has 2 rings (SSSR count). The molecule has 1 aromatic carbocycles. The molecule has 0 saturated heterocycles. The molecule has 1 atom stereocenters. The lowest BCUT2D eigenvalue weighted by molar-refractivity contribution is 0.0599. The van der Waals surface area contributed by atoms with Gasteiger partial charge in [0.15, 0.2) is 11.6 Å². The van der Waals surface area contributed by atoms with E-state index in [0.717, 1.165) is 6.07 Å². The molecular weight excluding hydrogens is 338 g/mol. The van der Waals surface area contributed by atoms with Gasteiger partial charge in [-0.25, -0.2) is 8.78 Å². The zero-order valence-electron chi connectivity index (χ0n) is 10.4. The topological polar surface area (TPSA) is 68.4 Å². The summed E-state index contributed by atoms with van der Waals surface area (Å²) in [4.78, 5) is 4.02. The van der Waals surface area contributed by atoms with Gasteiger partial charge in [-0.2, -0.15) is 4.98 Å². The zero-order valence-corrected chi connectivity index (χ0v) is 12.0. The Morgan fingerprint density at radius 2 is 2.20 bits per heavy atom. The Bertz CT molecular complexity index is 606. The molecule has 0 aliphatic rings. The van der Waals surface area contributed by atoms with Crippen LogP contribution in [0.2, 0.25) is 0 Å². The number of benzene rings is 1. The van der Waals surface area contributed by atoms with Crippen molar-refractivity contribution in [3.8, 4) is 11.4 Å². The third-order valence-electron chi connectivity index (χ3n) is 2.51. The molecule has 0 fully saturated rings. The average Bonchev–Trinajstić information content (AvgIpc) is 2.84. The van der Waals surface area contributed by atoms with Gasteiger partial charge in [0, 0.05) is 12.7 Å². The van der Waals surface area contributed by atoms with Crippen molar-refractivity contribution in [1.29, 1.82) is 0 Å². The SMILES string of the molecule is COCC(O)Cc1nc(-c2ccc(F)c(F)c2Br)no1. The van der Waals surface area contributed by atoms with Crippen molar-refractivity contribution in [2.75, 3.05) is 13.7 Å². The molecule has 1 aromatic heterocycles. The minimum absolute atomic E-state index is 0.0812. The quantitative estimate of drug-likeness (QED) is 0.840. The van der Waals surface area contributed by atoms with Crippen molar-refractivity contribution in [1.82, 2.24) is 10.1 Å². The van der Waals surface area contributed by atoms with Gasteiger partial charge in [0.2, 0.25) is 11.7 Å². The second kappa shape index (κ2) is 6.38. The van der Waals surface area contributed by atoms with E-state index in [-0.39, 0.29) is 34.8 Å². The minimum Gasteiger partial charge on any atom is -0.390 e. The summed E-state index contributed by atoms with van der Waals surface area (Å²) in [5.74, 6) is -1.70. The summed E-state index contributed by atoms with van der Waals surface area (Å²) in [6, 6.07) is 2.31. The Balaban J connectivity index is 2.23. The van der Waals surface area contributed by atoms with Gasteiger partial charge in [-0.05, 0) is 28.1 Å². The van der Waals surface area contributed by atoms with Crippen molar-refractivity contribution in [2.24, 2.45) is 0 Å². The lowest BCUT2D eigenvalue weighted by Gasteiger charge is -2.04. The maximum atomic E-state index is 13.4. The molecule has 0 aliphatic carbocycles. The van der Waals surface area contributed by atoms with Crippen molar-refractivity contribution >= 4 is 15.9 Å². The lowest BCUT2D eigenvalue weighted by atomic mass is 10.2.